The first-order valence-electron chi connectivity index (χ1n) is 6.65. The minimum absolute atomic E-state index is 0.122. The number of hydrogen-bond donors (Lipinski definition) is 1. The molecule has 1 aliphatic rings. The van der Waals surface area contributed by atoms with E-state index in [2.05, 4.69) is 13.8 Å². The number of ether oxygens (including phenoxy) is 2. The highest BCUT2D eigenvalue weighted by Crippen LogP contribution is 2.30. The molecule has 0 saturated carbocycles. The van der Waals surface area contributed by atoms with E-state index in [0.717, 1.165) is 12.0 Å². The van der Waals surface area contributed by atoms with Crippen molar-refractivity contribution < 1.29 is 14.3 Å². The van der Waals surface area contributed by atoms with Crippen molar-refractivity contribution in [2.24, 2.45) is 11.7 Å². The number of cyclic esters (lactones) is 1. The van der Waals surface area contributed by atoms with Gasteiger partial charge in [0.1, 0.15) is 17.4 Å². The van der Waals surface area contributed by atoms with Gasteiger partial charge in [0.2, 0.25) is 0 Å². The topological polar surface area (TPSA) is 61.5 Å². The molecule has 1 aliphatic heterocycles. The minimum atomic E-state index is -0.331. The normalized spacial score (nSPS) is 19.8. The second-order valence-corrected chi connectivity index (χ2v) is 5.44. The lowest BCUT2D eigenvalue weighted by atomic mass is 9.91. The molecule has 1 aromatic rings. The quantitative estimate of drug-likeness (QED) is 0.845. The van der Waals surface area contributed by atoms with Crippen LogP contribution in [0.3, 0.4) is 0 Å². The molecule has 2 N–H and O–H groups in total. The van der Waals surface area contributed by atoms with E-state index in [1.54, 1.807) is 13.2 Å². The van der Waals surface area contributed by atoms with E-state index in [4.69, 9.17) is 15.2 Å². The summed E-state index contributed by atoms with van der Waals surface area (Å²) >= 11 is 0. The van der Waals surface area contributed by atoms with Crippen LogP contribution in [-0.2, 0) is 11.2 Å². The summed E-state index contributed by atoms with van der Waals surface area (Å²) in [6.45, 7) is 4.23. The molecule has 0 spiro atoms. The molecule has 19 heavy (non-hydrogen) atoms. The van der Waals surface area contributed by atoms with Crippen molar-refractivity contribution in [2.75, 3.05) is 7.11 Å². The molecule has 0 amide bonds. The zero-order chi connectivity index (χ0) is 14.0. The highest BCUT2D eigenvalue weighted by atomic mass is 16.5. The van der Waals surface area contributed by atoms with Gasteiger partial charge < -0.3 is 15.2 Å². The van der Waals surface area contributed by atoms with Crippen molar-refractivity contribution in [1.82, 2.24) is 0 Å². The molecule has 0 bridgehead atoms. The zero-order valence-corrected chi connectivity index (χ0v) is 11.7. The van der Waals surface area contributed by atoms with E-state index < -0.39 is 0 Å². The van der Waals surface area contributed by atoms with Gasteiger partial charge in [-0.3, -0.25) is 0 Å². The van der Waals surface area contributed by atoms with Crippen LogP contribution in [0.15, 0.2) is 18.2 Å². The number of fused-ring (bicyclic) bond motifs is 1. The Morgan fingerprint density at radius 1 is 1.47 bits per heavy atom. The average Bonchev–Trinajstić information content (AvgIpc) is 2.36. The average molecular weight is 263 g/mol. The Hall–Kier alpha value is -1.55. The first kappa shape index (κ1) is 13.9. The van der Waals surface area contributed by atoms with Crippen molar-refractivity contribution in [3.63, 3.8) is 0 Å². The van der Waals surface area contributed by atoms with Crippen molar-refractivity contribution in [2.45, 2.75) is 38.8 Å². The van der Waals surface area contributed by atoms with Gasteiger partial charge in [-0.15, -0.1) is 0 Å². The van der Waals surface area contributed by atoms with Crippen LogP contribution in [0.1, 0.15) is 36.2 Å². The van der Waals surface area contributed by atoms with Crippen LogP contribution in [0.2, 0.25) is 0 Å². The van der Waals surface area contributed by atoms with E-state index in [-0.39, 0.29) is 18.1 Å². The first-order chi connectivity index (χ1) is 9.02. The molecule has 0 unspecified atom stereocenters. The number of methoxy groups -OCH3 is 1. The molecule has 4 heteroatoms. The van der Waals surface area contributed by atoms with Crippen LogP contribution < -0.4 is 10.5 Å². The zero-order valence-electron chi connectivity index (χ0n) is 11.7. The summed E-state index contributed by atoms with van der Waals surface area (Å²) in [6.07, 6.45) is 1.26. The van der Waals surface area contributed by atoms with Crippen LogP contribution >= 0.6 is 0 Å². The third kappa shape index (κ3) is 2.89. The molecule has 0 aromatic heterocycles. The lowest BCUT2D eigenvalue weighted by Crippen LogP contribution is -2.43. The Labute approximate surface area is 113 Å². The van der Waals surface area contributed by atoms with Crippen LogP contribution in [0.25, 0.3) is 0 Å². The standard InChI is InChI=1S/C15H21NO3/c1-9(2)7-11(16)13-8-10-5-4-6-12(18-3)14(10)15(17)19-13/h4-6,9,11,13H,7-8,16H2,1-3H3/t11-,13-/m0/s1. The maximum atomic E-state index is 12.1. The second-order valence-electron chi connectivity index (χ2n) is 5.44. The van der Waals surface area contributed by atoms with E-state index >= 15 is 0 Å². The molecule has 2 rings (SSSR count). The van der Waals surface area contributed by atoms with Gasteiger partial charge in [0.25, 0.3) is 0 Å². The molecule has 4 nitrogen and oxygen atoms in total. The fourth-order valence-corrected chi connectivity index (χ4v) is 2.54. The molecular weight excluding hydrogens is 242 g/mol. The maximum Gasteiger partial charge on any atom is 0.342 e. The number of benzene rings is 1. The molecular formula is C15H21NO3. The summed E-state index contributed by atoms with van der Waals surface area (Å²) in [5, 5.41) is 0. The van der Waals surface area contributed by atoms with E-state index in [1.165, 1.54) is 0 Å². The molecule has 0 aliphatic carbocycles. The van der Waals surface area contributed by atoms with Gasteiger partial charge in [-0.2, -0.15) is 0 Å². The van der Waals surface area contributed by atoms with Crippen LogP contribution in [0, 0.1) is 5.92 Å². The van der Waals surface area contributed by atoms with Gasteiger partial charge in [0, 0.05) is 12.5 Å². The number of esters is 1. The largest absolute Gasteiger partial charge is 0.496 e. The number of rotatable bonds is 4. The summed E-state index contributed by atoms with van der Waals surface area (Å²) in [4.78, 5) is 12.1. The van der Waals surface area contributed by atoms with Crippen LogP contribution in [0.5, 0.6) is 5.75 Å². The Morgan fingerprint density at radius 2 is 2.21 bits per heavy atom. The number of hydrogen-bond acceptors (Lipinski definition) is 4. The molecule has 1 heterocycles. The molecule has 1 aromatic carbocycles. The van der Waals surface area contributed by atoms with Crippen molar-refractivity contribution in [3.05, 3.63) is 29.3 Å². The fraction of sp³-hybridized carbons (Fsp3) is 0.533. The first-order valence-corrected chi connectivity index (χ1v) is 6.65. The summed E-state index contributed by atoms with van der Waals surface area (Å²) in [7, 11) is 1.56. The van der Waals surface area contributed by atoms with E-state index in [9.17, 15) is 4.79 Å². The van der Waals surface area contributed by atoms with Crippen LogP contribution in [0.4, 0.5) is 0 Å². The van der Waals surface area contributed by atoms with Crippen molar-refractivity contribution >= 4 is 5.97 Å². The third-order valence-corrected chi connectivity index (χ3v) is 3.44. The van der Waals surface area contributed by atoms with Crippen molar-refractivity contribution in [1.29, 1.82) is 0 Å². The van der Waals surface area contributed by atoms with Gasteiger partial charge in [-0.25, -0.2) is 4.79 Å². The Balaban J connectivity index is 2.23. The Morgan fingerprint density at radius 3 is 2.84 bits per heavy atom. The number of nitrogens with two attached hydrogens (primary N) is 1. The summed E-state index contributed by atoms with van der Waals surface area (Å²) < 4.78 is 10.7. The number of carbonyl (C=O) groups is 1. The molecule has 0 radical (unpaired) electrons. The Bertz CT molecular complexity index is 470. The van der Waals surface area contributed by atoms with Gasteiger partial charge in [-0.1, -0.05) is 26.0 Å². The predicted molar refractivity (Wildman–Crippen MR) is 73.3 cm³/mol. The lowest BCUT2D eigenvalue weighted by Gasteiger charge is -2.30. The van der Waals surface area contributed by atoms with Gasteiger partial charge >= 0.3 is 5.97 Å². The van der Waals surface area contributed by atoms with Gasteiger partial charge in [0.15, 0.2) is 0 Å². The fourth-order valence-electron chi connectivity index (χ4n) is 2.54. The minimum Gasteiger partial charge on any atom is -0.496 e. The highest BCUT2D eigenvalue weighted by molar-refractivity contribution is 5.95. The third-order valence-electron chi connectivity index (χ3n) is 3.44. The molecule has 2 atom stereocenters. The monoisotopic (exact) mass is 263 g/mol. The molecule has 104 valence electrons. The van der Waals surface area contributed by atoms with Crippen molar-refractivity contribution in [3.8, 4) is 5.75 Å². The summed E-state index contributed by atoms with van der Waals surface area (Å²) in [6, 6.07) is 5.48. The Kier molecular flexibility index (Phi) is 4.10. The van der Waals surface area contributed by atoms with E-state index in [0.29, 0.717) is 23.7 Å². The molecule has 0 saturated heterocycles. The van der Waals surface area contributed by atoms with Gasteiger partial charge in [-0.05, 0) is 24.0 Å². The SMILES string of the molecule is COc1cccc2c1C(=O)O[C@H]([C@@H](N)CC(C)C)C2. The molecule has 0 fully saturated rings. The van der Waals surface area contributed by atoms with Crippen LogP contribution in [-0.4, -0.2) is 25.2 Å². The van der Waals surface area contributed by atoms with E-state index in [1.807, 2.05) is 12.1 Å². The smallest absolute Gasteiger partial charge is 0.342 e. The highest BCUT2D eigenvalue weighted by Gasteiger charge is 2.32. The van der Waals surface area contributed by atoms with Gasteiger partial charge in [0.05, 0.1) is 7.11 Å². The predicted octanol–water partition coefficient (Wildman–Crippen LogP) is 2.15. The second kappa shape index (κ2) is 5.61. The maximum absolute atomic E-state index is 12.1. The number of carbonyl (C=O) groups excluding carboxylic acids is 1. The summed E-state index contributed by atoms with van der Waals surface area (Å²) in [5.74, 6) is 0.724. The summed E-state index contributed by atoms with van der Waals surface area (Å²) in [5.41, 5.74) is 7.63. The lowest BCUT2D eigenvalue weighted by molar-refractivity contribution is 0.0169.